The van der Waals surface area contributed by atoms with Crippen LogP contribution in [-0.4, -0.2) is 10.4 Å². The molecule has 1 aromatic carbocycles. The molecule has 17 heavy (non-hydrogen) atoms. The summed E-state index contributed by atoms with van der Waals surface area (Å²) < 4.78 is 15.1. The zero-order valence-electron chi connectivity index (χ0n) is 9.96. The van der Waals surface area contributed by atoms with Crippen molar-refractivity contribution in [2.24, 2.45) is 0 Å². The Bertz CT molecular complexity index is 610. The molecule has 0 fully saturated rings. The van der Waals surface area contributed by atoms with Crippen LogP contribution in [0.2, 0.25) is 0 Å². The van der Waals surface area contributed by atoms with Gasteiger partial charge in [-0.15, -0.1) is 0 Å². The van der Waals surface area contributed by atoms with Gasteiger partial charge in [0.05, 0.1) is 0 Å². The molecular weight excluding hydrogens is 217 g/mol. The zero-order chi connectivity index (χ0) is 12.6. The Kier molecular flexibility index (Phi) is 2.84. The number of rotatable bonds is 3. The van der Waals surface area contributed by atoms with Crippen LogP contribution in [0, 0.1) is 5.82 Å². The number of fused-ring (bicyclic) bond motifs is 1. The molecule has 3 heteroatoms. The summed E-state index contributed by atoms with van der Waals surface area (Å²) in [6.07, 6.45) is 1.76. The molecule has 0 saturated heterocycles. The van der Waals surface area contributed by atoms with Crippen molar-refractivity contribution in [1.29, 1.82) is 0 Å². The fourth-order valence-electron chi connectivity index (χ4n) is 1.97. The molecular formula is C14H14FNO. The second-order valence-electron chi connectivity index (χ2n) is 4.35. The lowest BCUT2D eigenvalue weighted by Crippen LogP contribution is -1.96. The van der Waals surface area contributed by atoms with E-state index in [2.05, 4.69) is 6.58 Å². The highest BCUT2D eigenvalue weighted by atomic mass is 19.1. The summed E-state index contributed by atoms with van der Waals surface area (Å²) in [4.78, 5) is 11.5. The van der Waals surface area contributed by atoms with E-state index in [4.69, 9.17) is 0 Å². The van der Waals surface area contributed by atoms with Crippen LogP contribution in [0.15, 0.2) is 36.5 Å². The number of allylic oxidation sites excluding steroid dienone is 1. The van der Waals surface area contributed by atoms with E-state index in [1.807, 2.05) is 11.5 Å². The summed E-state index contributed by atoms with van der Waals surface area (Å²) in [5, 5.41) is 0.666. The summed E-state index contributed by atoms with van der Waals surface area (Å²) >= 11 is 0. The molecule has 88 valence electrons. The number of ketones is 1. The summed E-state index contributed by atoms with van der Waals surface area (Å²) in [6.45, 7) is 7.89. The van der Waals surface area contributed by atoms with E-state index in [1.165, 1.54) is 19.1 Å². The van der Waals surface area contributed by atoms with Crippen LogP contribution < -0.4 is 0 Å². The van der Waals surface area contributed by atoms with Crippen LogP contribution >= 0.6 is 0 Å². The predicted molar refractivity (Wildman–Crippen MR) is 66.7 cm³/mol. The highest BCUT2D eigenvalue weighted by Crippen LogP contribution is 2.23. The van der Waals surface area contributed by atoms with Gasteiger partial charge in [-0.3, -0.25) is 4.79 Å². The molecule has 0 aliphatic carbocycles. The van der Waals surface area contributed by atoms with Gasteiger partial charge in [-0.25, -0.2) is 4.39 Å². The number of aromatic nitrogens is 1. The largest absolute Gasteiger partial charge is 0.343 e. The standard InChI is InChI=1S/C14H14FNO/c1-9(2)7-16-8-13(10(3)17)12-6-11(15)4-5-14(12)16/h4-6,8H,1,7H2,2-3H3. The van der Waals surface area contributed by atoms with E-state index in [1.54, 1.807) is 12.3 Å². The van der Waals surface area contributed by atoms with E-state index in [0.29, 0.717) is 17.5 Å². The van der Waals surface area contributed by atoms with Gasteiger partial charge in [0.15, 0.2) is 5.78 Å². The quantitative estimate of drug-likeness (QED) is 0.584. The van der Waals surface area contributed by atoms with Gasteiger partial charge >= 0.3 is 0 Å². The number of benzene rings is 1. The Hall–Kier alpha value is -1.90. The van der Waals surface area contributed by atoms with Crippen molar-refractivity contribution >= 4 is 16.7 Å². The number of hydrogen-bond donors (Lipinski definition) is 0. The van der Waals surface area contributed by atoms with Crippen molar-refractivity contribution in [3.05, 3.63) is 47.9 Å². The van der Waals surface area contributed by atoms with E-state index < -0.39 is 0 Å². The summed E-state index contributed by atoms with van der Waals surface area (Å²) in [5.41, 5.74) is 2.40. The number of hydrogen-bond acceptors (Lipinski definition) is 1. The maximum absolute atomic E-state index is 13.2. The van der Waals surface area contributed by atoms with Gasteiger partial charge in [0.2, 0.25) is 0 Å². The van der Waals surface area contributed by atoms with Gasteiger partial charge in [-0.05, 0) is 32.0 Å². The van der Waals surface area contributed by atoms with Crippen LogP contribution in [0.3, 0.4) is 0 Å². The van der Waals surface area contributed by atoms with Gasteiger partial charge in [-0.1, -0.05) is 12.2 Å². The molecule has 0 aliphatic heterocycles. The molecule has 0 saturated carbocycles. The smallest absolute Gasteiger partial charge is 0.161 e. The number of Topliss-reactive ketones (excluding diaryl/α,β-unsaturated/α-hetero) is 1. The number of nitrogens with zero attached hydrogens (tertiary/aromatic N) is 1. The normalized spacial score (nSPS) is 10.8. The topological polar surface area (TPSA) is 22.0 Å². The summed E-state index contributed by atoms with van der Waals surface area (Å²) in [5.74, 6) is -0.380. The lowest BCUT2D eigenvalue weighted by molar-refractivity contribution is 0.101. The average Bonchev–Trinajstić information content (AvgIpc) is 2.55. The van der Waals surface area contributed by atoms with Gasteiger partial charge in [0.1, 0.15) is 5.82 Å². The second kappa shape index (κ2) is 4.17. The first-order valence-electron chi connectivity index (χ1n) is 5.42. The first-order chi connectivity index (χ1) is 7.99. The fraction of sp³-hybridized carbons (Fsp3) is 0.214. The van der Waals surface area contributed by atoms with Gasteiger partial charge in [0.25, 0.3) is 0 Å². The monoisotopic (exact) mass is 231 g/mol. The van der Waals surface area contributed by atoms with Crippen molar-refractivity contribution in [2.45, 2.75) is 20.4 Å². The zero-order valence-corrected chi connectivity index (χ0v) is 9.96. The second-order valence-corrected chi connectivity index (χ2v) is 4.35. The minimum atomic E-state index is -0.326. The molecule has 1 aromatic heterocycles. The van der Waals surface area contributed by atoms with E-state index in [0.717, 1.165) is 11.1 Å². The number of carbonyl (C=O) groups excluding carboxylic acids is 1. The van der Waals surface area contributed by atoms with Crippen LogP contribution in [0.4, 0.5) is 4.39 Å². The molecule has 1 heterocycles. The Morgan fingerprint density at radius 1 is 1.41 bits per heavy atom. The fourth-order valence-corrected chi connectivity index (χ4v) is 1.97. The van der Waals surface area contributed by atoms with Crippen molar-refractivity contribution in [3.63, 3.8) is 0 Å². The summed E-state index contributed by atoms with van der Waals surface area (Å²) in [7, 11) is 0. The van der Waals surface area contributed by atoms with E-state index in [-0.39, 0.29) is 11.6 Å². The molecule has 0 spiro atoms. The van der Waals surface area contributed by atoms with Gasteiger partial charge in [-0.2, -0.15) is 0 Å². The van der Waals surface area contributed by atoms with Crippen LogP contribution in [0.25, 0.3) is 10.9 Å². The lowest BCUT2D eigenvalue weighted by atomic mass is 10.1. The Morgan fingerprint density at radius 3 is 2.71 bits per heavy atom. The van der Waals surface area contributed by atoms with Gasteiger partial charge in [0, 0.05) is 29.2 Å². The Morgan fingerprint density at radius 2 is 2.12 bits per heavy atom. The maximum Gasteiger partial charge on any atom is 0.161 e. The first-order valence-corrected chi connectivity index (χ1v) is 5.42. The highest BCUT2D eigenvalue weighted by molar-refractivity contribution is 6.07. The molecule has 0 unspecified atom stereocenters. The van der Waals surface area contributed by atoms with Crippen LogP contribution in [0.5, 0.6) is 0 Å². The lowest BCUT2D eigenvalue weighted by Gasteiger charge is -2.03. The minimum Gasteiger partial charge on any atom is -0.343 e. The van der Waals surface area contributed by atoms with E-state index >= 15 is 0 Å². The highest BCUT2D eigenvalue weighted by Gasteiger charge is 2.12. The molecule has 0 radical (unpaired) electrons. The maximum atomic E-state index is 13.2. The van der Waals surface area contributed by atoms with Crippen LogP contribution in [-0.2, 0) is 6.54 Å². The van der Waals surface area contributed by atoms with Crippen molar-refractivity contribution < 1.29 is 9.18 Å². The Labute approximate surface area is 99.4 Å². The third kappa shape index (κ3) is 2.13. The predicted octanol–water partition coefficient (Wildman–Crippen LogP) is 3.56. The van der Waals surface area contributed by atoms with Crippen LogP contribution in [0.1, 0.15) is 24.2 Å². The molecule has 0 bridgehead atoms. The number of carbonyl (C=O) groups is 1. The molecule has 0 atom stereocenters. The first kappa shape index (κ1) is 11.6. The molecule has 0 aliphatic rings. The minimum absolute atomic E-state index is 0.0546. The Balaban J connectivity index is 2.70. The molecule has 2 rings (SSSR count). The third-order valence-electron chi connectivity index (χ3n) is 2.66. The van der Waals surface area contributed by atoms with Crippen molar-refractivity contribution in [3.8, 4) is 0 Å². The van der Waals surface area contributed by atoms with Crippen molar-refractivity contribution in [2.75, 3.05) is 0 Å². The number of halogens is 1. The van der Waals surface area contributed by atoms with Crippen molar-refractivity contribution in [1.82, 2.24) is 4.57 Å². The molecule has 2 aromatic rings. The molecule has 2 nitrogen and oxygen atoms in total. The molecule has 0 N–H and O–H groups in total. The molecule has 0 amide bonds. The van der Waals surface area contributed by atoms with E-state index in [9.17, 15) is 9.18 Å². The SMILES string of the molecule is C=C(C)Cn1cc(C(C)=O)c2cc(F)ccc21. The average molecular weight is 231 g/mol. The summed E-state index contributed by atoms with van der Waals surface area (Å²) in [6, 6.07) is 4.50. The third-order valence-corrected chi connectivity index (χ3v) is 2.66. The van der Waals surface area contributed by atoms with Gasteiger partial charge < -0.3 is 4.57 Å².